The second-order valence-electron chi connectivity index (χ2n) is 8.95. The minimum absolute atomic E-state index is 0.144. The molecule has 0 saturated heterocycles. The third-order valence-electron chi connectivity index (χ3n) is 5.66. The van der Waals surface area contributed by atoms with Crippen LogP contribution in [0.4, 0.5) is 5.69 Å². The summed E-state index contributed by atoms with van der Waals surface area (Å²) in [6.45, 7) is 6.02. The summed E-state index contributed by atoms with van der Waals surface area (Å²) in [5, 5.41) is 6.51. The maximum Gasteiger partial charge on any atom is 0.262 e. The molecule has 178 valence electrons. The summed E-state index contributed by atoms with van der Waals surface area (Å²) in [6, 6.07) is 23.6. The van der Waals surface area contributed by atoms with Crippen LogP contribution in [-0.4, -0.2) is 20.6 Å². The number of aromatic nitrogens is 2. The molecule has 0 radical (unpaired) electrons. The molecule has 0 saturated carbocycles. The van der Waals surface area contributed by atoms with Gasteiger partial charge in [-0.25, -0.2) is 4.98 Å². The third kappa shape index (κ3) is 5.63. The minimum Gasteiger partial charge on any atom is -0.332 e. The van der Waals surface area contributed by atoms with Gasteiger partial charge in [-0.15, -0.1) is 0 Å². The van der Waals surface area contributed by atoms with Crippen LogP contribution >= 0.6 is 12.2 Å². The van der Waals surface area contributed by atoms with E-state index in [0.717, 1.165) is 16.8 Å². The largest absolute Gasteiger partial charge is 0.332 e. The van der Waals surface area contributed by atoms with Gasteiger partial charge in [0.05, 0.1) is 10.9 Å². The fraction of sp³-hybridized carbons (Fsp3) is 0.214. The topological polar surface area (TPSA) is 76.0 Å². The standard InChI is InChI=1S/C28H28N4O2S/c1-18(2)16-24(26(33)31-28(35)29-21-13-9-10-19(3)17-21)32-25(20-11-5-4-6-12-20)30-23-15-8-7-14-22(23)27(32)34/h4-15,17-18,24H,16H2,1-3H3,(H2,29,31,33,35). The zero-order valence-corrected chi connectivity index (χ0v) is 20.8. The Bertz CT molecular complexity index is 1430. The number of anilines is 1. The van der Waals surface area contributed by atoms with Crippen LogP contribution in [0.3, 0.4) is 0 Å². The number of nitrogens with one attached hydrogen (secondary N) is 2. The molecule has 2 N–H and O–H groups in total. The Morgan fingerprint density at radius 3 is 2.43 bits per heavy atom. The molecule has 0 aliphatic carbocycles. The van der Waals surface area contributed by atoms with Crippen molar-refractivity contribution in [1.29, 1.82) is 0 Å². The molecule has 0 bridgehead atoms. The molecule has 1 unspecified atom stereocenters. The van der Waals surface area contributed by atoms with E-state index in [1.54, 1.807) is 12.1 Å². The number of carbonyl (C=O) groups excluding carboxylic acids is 1. The molecule has 0 fully saturated rings. The molecular formula is C28H28N4O2S. The lowest BCUT2D eigenvalue weighted by molar-refractivity contribution is -0.123. The highest BCUT2D eigenvalue weighted by Crippen LogP contribution is 2.25. The number of benzene rings is 3. The highest BCUT2D eigenvalue weighted by atomic mass is 32.1. The second-order valence-corrected chi connectivity index (χ2v) is 9.36. The number of carbonyl (C=O) groups is 1. The number of thiocarbonyl (C=S) groups is 1. The first-order valence-corrected chi connectivity index (χ1v) is 12.0. The highest BCUT2D eigenvalue weighted by molar-refractivity contribution is 7.80. The monoisotopic (exact) mass is 484 g/mol. The van der Waals surface area contributed by atoms with Gasteiger partial charge in [0.2, 0.25) is 5.91 Å². The first-order chi connectivity index (χ1) is 16.8. The fourth-order valence-electron chi connectivity index (χ4n) is 4.08. The molecule has 0 aliphatic rings. The van der Waals surface area contributed by atoms with E-state index in [0.29, 0.717) is 23.1 Å². The van der Waals surface area contributed by atoms with Crippen LogP contribution in [0.2, 0.25) is 0 Å². The van der Waals surface area contributed by atoms with E-state index in [4.69, 9.17) is 17.2 Å². The Kier molecular flexibility index (Phi) is 7.36. The summed E-state index contributed by atoms with van der Waals surface area (Å²) < 4.78 is 1.52. The van der Waals surface area contributed by atoms with Gasteiger partial charge >= 0.3 is 0 Å². The molecule has 6 nitrogen and oxygen atoms in total. The summed E-state index contributed by atoms with van der Waals surface area (Å²) in [6.07, 6.45) is 0.443. The summed E-state index contributed by atoms with van der Waals surface area (Å²) in [7, 11) is 0. The molecule has 1 atom stereocenters. The predicted molar refractivity (Wildman–Crippen MR) is 145 cm³/mol. The van der Waals surface area contributed by atoms with E-state index in [1.807, 2.05) is 87.5 Å². The lowest BCUT2D eigenvalue weighted by Gasteiger charge is -2.24. The van der Waals surface area contributed by atoms with E-state index in [9.17, 15) is 9.59 Å². The van der Waals surface area contributed by atoms with Crippen LogP contribution in [-0.2, 0) is 4.79 Å². The number of nitrogens with zero attached hydrogens (tertiary/aromatic N) is 2. The molecule has 1 aromatic heterocycles. The fourth-order valence-corrected chi connectivity index (χ4v) is 4.30. The summed E-state index contributed by atoms with van der Waals surface area (Å²) in [5.41, 5.74) is 2.95. The van der Waals surface area contributed by atoms with E-state index in [2.05, 4.69) is 10.6 Å². The van der Waals surface area contributed by atoms with Crippen LogP contribution in [0.5, 0.6) is 0 Å². The molecule has 1 heterocycles. The van der Waals surface area contributed by atoms with Crippen LogP contribution in [0.15, 0.2) is 83.7 Å². The molecular weight excluding hydrogens is 456 g/mol. The van der Waals surface area contributed by atoms with Crippen molar-refractivity contribution in [2.45, 2.75) is 33.2 Å². The number of rotatable bonds is 6. The molecule has 0 spiro atoms. The SMILES string of the molecule is Cc1cccc(NC(=S)NC(=O)C(CC(C)C)n2c(-c3ccccc3)nc3ccccc3c2=O)c1. The Morgan fingerprint density at radius 1 is 1.00 bits per heavy atom. The maximum absolute atomic E-state index is 13.8. The van der Waals surface area contributed by atoms with Gasteiger partial charge in [0, 0.05) is 11.3 Å². The molecule has 0 aliphatic heterocycles. The van der Waals surface area contributed by atoms with Crippen LogP contribution < -0.4 is 16.2 Å². The van der Waals surface area contributed by atoms with E-state index in [1.165, 1.54) is 4.57 Å². The number of hydrogen-bond donors (Lipinski definition) is 2. The smallest absolute Gasteiger partial charge is 0.262 e. The third-order valence-corrected chi connectivity index (χ3v) is 5.87. The Labute approximate surface area is 210 Å². The Balaban J connectivity index is 1.77. The molecule has 1 amide bonds. The van der Waals surface area contributed by atoms with Crippen molar-refractivity contribution >= 4 is 39.8 Å². The molecule has 35 heavy (non-hydrogen) atoms. The van der Waals surface area contributed by atoms with E-state index >= 15 is 0 Å². The lowest BCUT2D eigenvalue weighted by Crippen LogP contribution is -2.43. The first kappa shape index (κ1) is 24.3. The normalized spacial score (nSPS) is 11.9. The quantitative estimate of drug-likeness (QED) is 0.355. The molecule has 7 heteroatoms. The highest BCUT2D eigenvalue weighted by Gasteiger charge is 2.28. The van der Waals surface area contributed by atoms with Crippen LogP contribution in [0.1, 0.15) is 31.9 Å². The van der Waals surface area contributed by atoms with Gasteiger partial charge < -0.3 is 10.6 Å². The second kappa shape index (κ2) is 10.6. The van der Waals surface area contributed by atoms with Crippen molar-refractivity contribution in [3.63, 3.8) is 0 Å². The van der Waals surface area contributed by atoms with Gasteiger partial charge in [0.15, 0.2) is 5.11 Å². The molecule has 4 aromatic rings. The molecule has 3 aromatic carbocycles. The number of aryl methyl sites for hydroxylation is 1. The average molecular weight is 485 g/mol. The maximum atomic E-state index is 13.8. The number of para-hydroxylation sites is 1. The average Bonchev–Trinajstić information content (AvgIpc) is 2.83. The van der Waals surface area contributed by atoms with Gasteiger partial charge in [-0.05, 0) is 61.3 Å². The van der Waals surface area contributed by atoms with Crippen molar-refractivity contribution < 1.29 is 4.79 Å². The number of amides is 1. The van der Waals surface area contributed by atoms with Gasteiger partial charge in [-0.2, -0.15) is 0 Å². The lowest BCUT2D eigenvalue weighted by atomic mass is 10.0. The summed E-state index contributed by atoms with van der Waals surface area (Å²) >= 11 is 5.43. The minimum atomic E-state index is -0.799. The van der Waals surface area contributed by atoms with Crippen molar-refractivity contribution in [1.82, 2.24) is 14.9 Å². The number of hydrogen-bond acceptors (Lipinski definition) is 4. The predicted octanol–water partition coefficient (Wildman–Crippen LogP) is 5.47. The number of fused-ring (bicyclic) bond motifs is 1. The Morgan fingerprint density at radius 2 is 1.71 bits per heavy atom. The zero-order valence-electron chi connectivity index (χ0n) is 20.0. The Hall–Kier alpha value is -3.84. The van der Waals surface area contributed by atoms with Crippen LogP contribution in [0.25, 0.3) is 22.3 Å². The van der Waals surface area contributed by atoms with Crippen molar-refractivity contribution in [2.75, 3.05) is 5.32 Å². The van der Waals surface area contributed by atoms with Crippen molar-refractivity contribution in [3.05, 3.63) is 94.8 Å². The van der Waals surface area contributed by atoms with Gasteiger partial charge in [0.1, 0.15) is 11.9 Å². The summed E-state index contributed by atoms with van der Waals surface area (Å²) in [5.74, 6) is 0.235. The molecule has 4 rings (SSSR count). The van der Waals surface area contributed by atoms with Gasteiger partial charge in [-0.3, -0.25) is 14.2 Å². The summed E-state index contributed by atoms with van der Waals surface area (Å²) in [4.78, 5) is 32.2. The van der Waals surface area contributed by atoms with E-state index < -0.39 is 6.04 Å². The zero-order chi connectivity index (χ0) is 24.9. The van der Waals surface area contributed by atoms with Crippen molar-refractivity contribution in [2.24, 2.45) is 5.92 Å². The van der Waals surface area contributed by atoms with E-state index in [-0.39, 0.29) is 22.5 Å². The van der Waals surface area contributed by atoms with Crippen molar-refractivity contribution in [3.8, 4) is 11.4 Å². The van der Waals surface area contributed by atoms with Gasteiger partial charge in [-0.1, -0.05) is 68.4 Å². The van der Waals surface area contributed by atoms with Gasteiger partial charge in [0.25, 0.3) is 5.56 Å². The van der Waals surface area contributed by atoms with Crippen LogP contribution in [0, 0.1) is 12.8 Å². The first-order valence-electron chi connectivity index (χ1n) is 11.6.